The topological polar surface area (TPSA) is 37.4 Å². The highest BCUT2D eigenvalue weighted by Gasteiger charge is 2.32. The molecule has 0 saturated carbocycles. The first kappa shape index (κ1) is 17.4. The summed E-state index contributed by atoms with van der Waals surface area (Å²) in [4.78, 5) is -1.09. The third-order valence-corrected chi connectivity index (χ3v) is 5.51. The van der Waals surface area contributed by atoms with Crippen LogP contribution in [0.1, 0.15) is 18.5 Å². The summed E-state index contributed by atoms with van der Waals surface area (Å²) in [5.41, 5.74) is 0.145. The van der Waals surface area contributed by atoms with Crippen LogP contribution in [-0.4, -0.2) is 19.8 Å². The summed E-state index contributed by atoms with van der Waals surface area (Å²) in [6.45, 7) is 1.39. The van der Waals surface area contributed by atoms with Crippen molar-refractivity contribution < 1.29 is 26.0 Å². The maximum absolute atomic E-state index is 13.7. The molecule has 0 aliphatic rings. The molecule has 0 spiro atoms. The molecule has 2 aromatic carbocycles. The average Bonchev–Trinajstić information content (AvgIpc) is 2.48. The average molecular weight is 347 g/mol. The van der Waals surface area contributed by atoms with Gasteiger partial charge in [-0.25, -0.2) is 26.0 Å². The van der Waals surface area contributed by atoms with Gasteiger partial charge < -0.3 is 0 Å². The highest BCUT2D eigenvalue weighted by atomic mass is 32.2. The van der Waals surface area contributed by atoms with Crippen molar-refractivity contribution in [2.75, 3.05) is 7.05 Å². The van der Waals surface area contributed by atoms with Gasteiger partial charge in [-0.3, -0.25) is 0 Å². The van der Waals surface area contributed by atoms with Crippen molar-refractivity contribution in [1.82, 2.24) is 4.31 Å². The number of nitrogens with zero attached hydrogens (tertiary/aromatic N) is 1. The molecule has 1 unspecified atom stereocenters. The van der Waals surface area contributed by atoms with Crippen LogP contribution < -0.4 is 0 Å². The van der Waals surface area contributed by atoms with Gasteiger partial charge >= 0.3 is 0 Å². The minimum atomic E-state index is -4.50. The van der Waals surface area contributed by atoms with Gasteiger partial charge in [0.2, 0.25) is 10.0 Å². The third-order valence-electron chi connectivity index (χ3n) is 3.53. The van der Waals surface area contributed by atoms with E-state index < -0.39 is 44.2 Å². The van der Waals surface area contributed by atoms with Crippen LogP contribution >= 0.6 is 0 Å². The highest BCUT2D eigenvalue weighted by Crippen LogP contribution is 2.29. The Bertz CT molecular complexity index is 819. The van der Waals surface area contributed by atoms with E-state index in [4.69, 9.17) is 0 Å². The number of rotatable bonds is 4. The summed E-state index contributed by atoms with van der Waals surface area (Å²) < 4.78 is 79.3. The highest BCUT2D eigenvalue weighted by molar-refractivity contribution is 7.89. The molecular formula is C15H13F4NO2S. The zero-order valence-corrected chi connectivity index (χ0v) is 13.0. The number of halogens is 4. The van der Waals surface area contributed by atoms with Crippen molar-refractivity contribution in [1.29, 1.82) is 0 Å². The molecule has 0 heterocycles. The maximum atomic E-state index is 13.7. The van der Waals surface area contributed by atoms with Gasteiger partial charge in [0, 0.05) is 13.1 Å². The number of sulfonamides is 1. The first-order chi connectivity index (χ1) is 10.7. The van der Waals surface area contributed by atoms with Crippen molar-refractivity contribution in [3.8, 4) is 0 Å². The lowest BCUT2D eigenvalue weighted by molar-refractivity contribution is 0.388. The third kappa shape index (κ3) is 3.23. The van der Waals surface area contributed by atoms with E-state index in [2.05, 4.69) is 0 Å². The van der Waals surface area contributed by atoms with Gasteiger partial charge in [0.05, 0.1) is 0 Å². The molecule has 124 valence electrons. The van der Waals surface area contributed by atoms with Crippen LogP contribution in [0.15, 0.2) is 41.3 Å². The first-order valence-electron chi connectivity index (χ1n) is 6.53. The molecule has 8 heteroatoms. The van der Waals surface area contributed by atoms with Gasteiger partial charge in [0.25, 0.3) is 0 Å². The van der Waals surface area contributed by atoms with Crippen LogP contribution in [0.3, 0.4) is 0 Å². The van der Waals surface area contributed by atoms with Crippen LogP contribution in [0.2, 0.25) is 0 Å². The second kappa shape index (κ2) is 6.29. The summed E-state index contributed by atoms with van der Waals surface area (Å²) in [6.07, 6.45) is 0. The minimum Gasteiger partial charge on any atom is -0.207 e. The molecule has 0 aliphatic carbocycles. The van der Waals surface area contributed by atoms with Crippen molar-refractivity contribution >= 4 is 10.0 Å². The molecule has 0 aliphatic heterocycles. The number of benzene rings is 2. The Balaban J connectivity index is 2.45. The zero-order chi connectivity index (χ0) is 17.4. The smallest absolute Gasteiger partial charge is 0.207 e. The van der Waals surface area contributed by atoms with E-state index in [1.807, 2.05) is 0 Å². The van der Waals surface area contributed by atoms with E-state index in [0.29, 0.717) is 4.31 Å². The molecule has 0 bridgehead atoms. The van der Waals surface area contributed by atoms with Crippen molar-refractivity contribution in [3.63, 3.8) is 0 Å². The van der Waals surface area contributed by atoms with Gasteiger partial charge in [0.15, 0.2) is 16.5 Å². The summed E-state index contributed by atoms with van der Waals surface area (Å²) in [5, 5.41) is 0. The monoisotopic (exact) mass is 347 g/mol. The quantitative estimate of drug-likeness (QED) is 0.792. The molecule has 2 rings (SSSR count). The predicted octanol–water partition coefficient (Wildman–Crippen LogP) is 3.62. The van der Waals surface area contributed by atoms with Gasteiger partial charge in [0.1, 0.15) is 11.6 Å². The fraction of sp³-hybridized carbons (Fsp3) is 0.200. The second-order valence-electron chi connectivity index (χ2n) is 4.92. The van der Waals surface area contributed by atoms with Crippen molar-refractivity contribution in [2.45, 2.75) is 17.9 Å². The maximum Gasteiger partial charge on any atom is 0.249 e. The molecule has 0 N–H and O–H groups in total. The van der Waals surface area contributed by atoms with Crippen LogP contribution in [0.5, 0.6) is 0 Å². The molecule has 0 amide bonds. The van der Waals surface area contributed by atoms with Gasteiger partial charge in [-0.05, 0) is 36.8 Å². The molecule has 23 heavy (non-hydrogen) atoms. The van der Waals surface area contributed by atoms with E-state index in [0.717, 1.165) is 37.4 Å². The molecule has 3 nitrogen and oxygen atoms in total. The molecule has 0 radical (unpaired) electrons. The Morgan fingerprint density at radius 1 is 0.913 bits per heavy atom. The fourth-order valence-electron chi connectivity index (χ4n) is 2.06. The normalized spacial score (nSPS) is 13.3. The van der Waals surface area contributed by atoms with Gasteiger partial charge in [-0.1, -0.05) is 12.1 Å². The van der Waals surface area contributed by atoms with E-state index in [9.17, 15) is 26.0 Å². The lowest BCUT2D eigenvalue weighted by atomic mass is 10.1. The van der Waals surface area contributed by atoms with Crippen LogP contribution in [0.25, 0.3) is 0 Å². The Labute approximate surface area is 131 Å². The Morgan fingerprint density at radius 3 is 2.00 bits per heavy atom. The summed E-state index contributed by atoms with van der Waals surface area (Å²) in [5.74, 6) is -4.67. The molecule has 1 atom stereocenters. The van der Waals surface area contributed by atoms with Crippen LogP contribution in [0, 0.1) is 23.3 Å². The van der Waals surface area contributed by atoms with Crippen LogP contribution in [-0.2, 0) is 10.0 Å². The van der Waals surface area contributed by atoms with Gasteiger partial charge in [-0.15, -0.1) is 0 Å². The molecule has 0 saturated heterocycles. The standard InChI is InChI=1S/C15H13F4NO2S/c1-9(10-6-7-11(16)14(19)8-10)20(2)23(21,22)15-12(17)4-3-5-13(15)18/h3-9H,1-2H3. The Kier molecular flexibility index (Phi) is 4.76. The number of hydrogen-bond acceptors (Lipinski definition) is 2. The molecule has 2 aromatic rings. The molecular weight excluding hydrogens is 334 g/mol. The summed E-state index contributed by atoms with van der Waals surface area (Å²) in [6, 6.07) is 4.62. The minimum absolute atomic E-state index is 0.145. The second-order valence-corrected chi connectivity index (χ2v) is 6.86. The predicted molar refractivity (Wildman–Crippen MR) is 76.1 cm³/mol. The first-order valence-corrected chi connectivity index (χ1v) is 7.97. The van der Waals surface area contributed by atoms with E-state index in [1.165, 1.54) is 13.0 Å². The van der Waals surface area contributed by atoms with Crippen molar-refractivity contribution in [3.05, 3.63) is 65.2 Å². The van der Waals surface area contributed by atoms with E-state index in [1.54, 1.807) is 0 Å². The van der Waals surface area contributed by atoms with E-state index >= 15 is 0 Å². The lowest BCUT2D eigenvalue weighted by Gasteiger charge is -2.25. The van der Waals surface area contributed by atoms with Gasteiger partial charge in [-0.2, -0.15) is 4.31 Å². The molecule has 0 fully saturated rings. The Hall–Kier alpha value is -1.93. The zero-order valence-electron chi connectivity index (χ0n) is 12.2. The summed E-state index contributed by atoms with van der Waals surface area (Å²) in [7, 11) is -3.40. The SMILES string of the molecule is CC(c1ccc(F)c(F)c1)N(C)S(=O)(=O)c1c(F)cccc1F. The fourth-order valence-corrected chi connectivity index (χ4v) is 3.52. The van der Waals surface area contributed by atoms with Crippen LogP contribution in [0.4, 0.5) is 17.6 Å². The van der Waals surface area contributed by atoms with Crippen molar-refractivity contribution in [2.24, 2.45) is 0 Å². The molecule has 0 aromatic heterocycles. The van der Waals surface area contributed by atoms with E-state index in [-0.39, 0.29) is 5.56 Å². The summed E-state index contributed by atoms with van der Waals surface area (Å²) >= 11 is 0. The largest absolute Gasteiger partial charge is 0.249 e. The Morgan fingerprint density at radius 2 is 1.48 bits per heavy atom. The lowest BCUT2D eigenvalue weighted by Crippen LogP contribution is -2.31. The number of hydrogen-bond donors (Lipinski definition) is 0.